The summed E-state index contributed by atoms with van der Waals surface area (Å²) >= 11 is 0. The number of rotatable bonds is 5. The molecule has 4 rings (SSSR count). The predicted octanol–water partition coefficient (Wildman–Crippen LogP) is 4.16. The standard InChI is InChI=1S/C25H18F4N4O3/c1-15-4-2-7-20(12-15)33-24(36)32(14-16-5-3-6-17(13-16)25(27,28)29)23(35)21(31-33)22(34)30-19-10-8-18(26)9-11-19/h2-13H,14H2,1H3,(H,30,34). The molecule has 0 saturated heterocycles. The van der Waals surface area contributed by atoms with E-state index in [-0.39, 0.29) is 16.9 Å². The van der Waals surface area contributed by atoms with Gasteiger partial charge in [0.2, 0.25) is 5.69 Å². The van der Waals surface area contributed by atoms with Gasteiger partial charge in [-0.25, -0.2) is 9.18 Å². The molecule has 1 heterocycles. The van der Waals surface area contributed by atoms with Crippen molar-refractivity contribution in [3.8, 4) is 5.69 Å². The summed E-state index contributed by atoms with van der Waals surface area (Å²) in [6, 6.07) is 15.4. The highest BCUT2D eigenvalue weighted by molar-refractivity contribution is 6.02. The van der Waals surface area contributed by atoms with Crippen LogP contribution in [0.4, 0.5) is 23.2 Å². The minimum Gasteiger partial charge on any atom is -0.320 e. The third-order valence-electron chi connectivity index (χ3n) is 5.22. The number of halogens is 4. The molecular weight excluding hydrogens is 480 g/mol. The van der Waals surface area contributed by atoms with Crippen LogP contribution in [0.15, 0.2) is 82.4 Å². The van der Waals surface area contributed by atoms with Crippen molar-refractivity contribution in [2.24, 2.45) is 0 Å². The second kappa shape index (κ2) is 9.61. The Kier molecular flexibility index (Phi) is 6.56. The summed E-state index contributed by atoms with van der Waals surface area (Å²) in [5, 5.41) is 6.37. The first-order valence-corrected chi connectivity index (χ1v) is 10.6. The molecular formula is C25H18F4N4O3. The average Bonchev–Trinajstić information content (AvgIpc) is 2.83. The zero-order chi connectivity index (χ0) is 26.0. The van der Waals surface area contributed by atoms with Gasteiger partial charge in [-0.3, -0.25) is 14.2 Å². The van der Waals surface area contributed by atoms with Crippen LogP contribution in [0.5, 0.6) is 0 Å². The highest BCUT2D eigenvalue weighted by atomic mass is 19.4. The minimum atomic E-state index is -4.62. The second-order valence-electron chi connectivity index (χ2n) is 7.93. The Morgan fingerprint density at radius 3 is 2.33 bits per heavy atom. The summed E-state index contributed by atoms with van der Waals surface area (Å²) in [5.74, 6) is -1.52. The summed E-state index contributed by atoms with van der Waals surface area (Å²) in [5.41, 5.74) is -2.47. The van der Waals surface area contributed by atoms with Crippen LogP contribution in [-0.2, 0) is 12.7 Å². The van der Waals surface area contributed by atoms with Crippen LogP contribution < -0.4 is 16.6 Å². The fourth-order valence-electron chi connectivity index (χ4n) is 3.48. The summed E-state index contributed by atoms with van der Waals surface area (Å²) in [6.07, 6.45) is -4.62. The summed E-state index contributed by atoms with van der Waals surface area (Å²) in [7, 11) is 0. The Labute approximate surface area is 201 Å². The molecule has 184 valence electrons. The largest absolute Gasteiger partial charge is 0.416 e. The molecule has 0 aliphatic rings. The van der Waals surface area contributed by atoms with Gasteiger partial charge in [0, 0.05) is 5.69 Å². The van der Waals surface area contributed by atoms with Gasteiger partial charge in [-0.15, -0.1) is 0 Å². The maximum absolute atomic E-state index is 13.2. The lowest BCUT2D eigenvalue weighted by molar-refractivity contribution is -0.137. The Morgan fingerprint density at radius 1 is 0.972 bits per heavy atom. The normalized spacial score (nSPS) is 11.4. The molecule has 4 aromatic rings. The van der Waals surface area contributed by atoms with Crippen molar-refractivity contribution in [2.45, 2.75) is 19.6 Å². The number of aryl methyl sites for hydroxylation is 1. The van der Waals surface area contributed by atoms with Gasteiger partial charge in [-0.1, -0.05) is 24.3 Å². The van der Waals surface area contributed by atoms with Crippen LogP contribution >= 0.6 is 0 Å². The van der Waals surface area contributed by atoms with Crippen molar-refractivity contribution in [1.82, 2.24) is 14.3 Å². The van der Waals surface area contributed by atoms with Gasteiger partial charge in [0.25, 0.3) is 11.5 Å². The average molecular weight is 498 g/mol. The molecule has 1 aromatic heterocycles. The Hall–Kier alpha value is -4.54. The summed E-state index contributed by atoms with van der Waals surface area (Å²) < 4.78 is 54.2. The quantitative estimate of drug-likeness (QED) is 0.419. The van der Waals surface area contributed by atoms with E-state index in [9.17, 15) is 31.9 Å². The van der Waals surface area contributed by atoms with Crippen molar-refractivity contribution in [3.05, 3.63) is 122 Å². The van der Waals surface area contributed by atoms with Gasteiger partial charge in [-0.2, -0.15) is 23.0 Å². The van der Waals surface area contributed by atoms with Gasteiger partial charge in [0.05, 0.1) is 17.8 Å². The number of nitrogens with zero attached hydrogens (tertiary/aromatic N) is 3. The summed E-state index contributed by atoms with van der Waals surface area (Å²) in [6.45, 7) is 1.22. The maximum Gasteiger partial charge on any atom is 0.416 e. The first-order chi connectivity index (χ1) is 17.0. The number of alkyl halides is 3. The lowest BCUT2D eigenvalue weighted by Gasteiger charge is -2.14. The molecule has 1 N–H and O–H groups in total. The SMILES string of the molecule is Cc1cccc(-n2nc(C(=O)Nc3ccc(F)cc3)c(=O)n(Cc3cccc(C(F)(F)F)c3)c2=O)c1. The molecule has 7 nitrogen and oxygen atoms in total. The van der Waals surface area contributed by atoms with Gasteiger partial charge in [0.15, 0.2) is 0 Å². The zero-order valence-corrected chi connectivity index (χ0v) is 18.7. The topological polar surface area (TPSA) is 86.0 Å². The molecule has 36 heavy (non-hydrogen) atoms. The first-order valence-electron chi connectivity index (χ1n) is 10.6. The Bertz CT molecular complexity index is 1560. The highest BCUT2D eigenvalue weighted by Crippen LogP contribution is 2.29. The van der Waals surface area contributed by atoms with Crippen LogP contribution in [0.25, 0.3) is 5.69 Å². The molecule has 0 spiro atoms. The molecule has 0 fully saturated rings. The molecule has 0 unspecified atom stereocenters. The van der Waals surface area contributed by atoms with Crippen LogP contribution in [-0.4, -0.2) is 20.3 Å². The number of aromatic nitrogens is 3. The highest BCUT2D eigenvalue weighted by Gasteiger charge is 2.30. The van der Waals surface area contributed by atoms with Crippen molar-refractivity contribution < 1.29 is 22.4 Å². The number of benzene rings is 3. The second-order valence-corrected chi connectivity index (χ2v) is 7.93. The number of amides is 1. The molecule has 1 amide bonds. The Balaban J connectivity index is 1.85. The fraction of sp³-hybridized carbons (Fsp3) is 0.120. The maximum atomic E-state index is 13.2. The Morgan fingerprint density at radius 2 is 1.67 bits per heavy atom. The molecule has 0 radical (unpaired) electrons. The third kappa shape index (κ3) is 5.24. The number of carbonyl (C=O) groups is 1. The van der Waals surface area contributed by atoms with E-state index in [1.807, 2.05) is 0 Å². The number of hydrogen-bond donors (Lipinski definition) is 1. The van der Waals surface area contributed by atoms with Crippen molar-refractivity contribution in [2.75, 3.05) is 5.32 Å². The fourth-order valence-corrected chi connectivity index (χ4v) is 3.48. The van der Waals surface area contributed by atoms with Gasteiger partial charge in [-0.05, 0) is 66.6 Å². The molecule has 11 heteroatoms. The number of anilines is 1. The predicted molar refractivity (Wildman–Crippen MR) is 124 cm³/mol. The van der Waals surface area contributed by atoms with E-state index >= 15 is 0 Å². The van der Waals surface area contributed by atoms with Crippen LogP contribution in [0.1, 0.15) is 27.2 Å². The van der Waals surface area contributed by atoms with Crippen molar-refractivity contribution in [1.29, 1.82) is 0 Å². The molecule has 0 atom stereocenters. The van der Waals surface area contributed by atoms with Gasteiger partial charge in [0.1, 0.15) is 5.82 Å². The first kappa shape index (κ1) is 24.6. The summed E-state index contributed by atoms with van der Waals surface area (Å²) in [4.78, 5) is 39.3. The van der Waals surface area contributed by atoms with E-state index < -0.39 is 47.0 Å². The minimum absolute atomic E-state index is 0.0240. The number of nitrogens with one attached hydrogen (secondary N) is 1. The third-order valence-corrected chi connectivity index (χ3v) is 5.22. The zero-order valence-electron chi connectivity index (χ0n) is 18.7. The smallest absolute Gasteiger partial charge is 0.320 e. The van der Waals surface area contributed by atoms with Gasteiger partial charge < -0.3 is 5.32 Å². The number of carbonyl (C=O) groups excluding carboxylic acids is 1. The molecule has 3 aromatic carbocycles. The van der Waals surface area contributed by atoms with Crippen molar-refractivity contribution in [3.63, 3.8) is 0 Å². The van der Waals surface area contributed by atoms with E-state index in [1.54, 1.807) is 25.1 Å². The lowest BCUT2D eigenvalue weighted by Crippen LogP contribution is -2.45. The van der Waals surface area contributed by atoms with E-state index in [0.29, 0.717) is 4.57 Å². The molecule has 0 saturated carbocycles. The number of hydrogen-bond acceptors (Lipinski definition) is 4. The molecule has 0 bridgehead atoms. The van der Waals surface area contributed by atoms with E-state index in [4.69, 9.17) is 0 Å². The van der Waals surface area contributed by atoms with E-state index in [1.165, 1.54) is 24.3 Å². The van der Waals surface area contributed by atoms with Crippen molar-refractivity contribution >= 4 is 11.6 Å². The lowest BCUT2D eigenvalue weighted by atomic mass is 10.1. The van der Waals surface area contributed by atoms with E-state index in [2.05, 4.69) is 10.4 Å². The van der Waals surface area contributed by atoms with E-state index in [0.717, 1.165) is 40.6 Å². The van der Waals surface area contributed by atoms with Crippen LogP contribution in [0.2, 0.25) is 0 Å². The molecule has 0 aliphatic heterocycles. The van der Waals surface area contributed by atoms with Crippen LogP contribution in [0.3, 0.4) is 0 Å². The van der Waals surface area contributed by atoms with Gasteiger partial charge >= 0.3 is 11.9 Å². The molecule has 0 aliphatic carbocycles. The van der Waals surface area contributed by atoms with Crippen LogP contribution in [0, 0.1) is 12.7 Å². The monoisotopic (exact) mass is 498 g/mol.